The molecule has 0 aromatic carbocycles. The first kappa shape index (κ1) is 29.0. The van der Waals surface area contributed by atoms with Crippen molar-refractivity contribution in [3.8, 4) is 0 Å². The van der Waals surface area contributed by atoms with Crippen molar-refractivity contribution >= 4 is 19.4 Å². The van der Waals surface area contributed by atoms with E-state index in [0.29, 0.717) is 0 Å². The molecule has 0 fully saturated rings. The van der Waals surface area contributed by atoms with Gasteiger partial charge in [-0.1, -0.05) is 0 Å². The van der Waals surface area contributed by atoms with Crippen LogP contribution in [0.4, 0.5) is 0 Å². The molecule has 4 rings (SSSR count). The Hall–Kier alpha value is 0.727. The van der Waals surface area contributed by atoms with Crippen LogP contribution in [0.15, 0.2) is 41.0 Å². The number of halogens is 2. The summed E-state index contributed by atoms with van der Waals surface area (Å²) in [6, 6.07) is 0. The molecule has 0 unspecified atom stereocenters. The number of allylic oxidation sites excluding steroid dienone is 8. The average molecular weight is 587 g/mol. The van der Waals surface area contributed by atoms with Gasteiger partial charge in [-0.05, 0) is 0 Å². The number of rotatable bonds is 4. The largest absolute Gasteiger partial charge is 1.00 e. The summed E-state index contributed by atoms with van der Waals surface area (Å²) in [7, 11) is -2.56. The van der Waals surface area contributed by atoms with Crippen molar-refractivity contribution in [3.05, 3.63) is 41.0 Å². The van der Waals surface area contributed by atoms with Crippen molar-refractivity contribution in [1.82, 2.24) is 0 Å². The van der Waals surface area contributed by atoms with Crippen molar-refractivity contribution in [2.45, 2.75) is 116 Å². The van der Waals surface area contributed by atoms with E-state index in [4.69, 9.17) is 0 Å². The molecule has 0 aliphatic heterocycles. The van der Waals surface area contributed by atoms with E-state index in [0.717, 1.165) is 11.1 Å². The molecule has 0 N–H and O–H groups in total. The minimum Gasteiger partial charge on any atom is -1.00 e. The van der Waals surface area contributed by atoms with Crippen LogP contribution in [0.3, 0.4) is 0 Å². The third-order valence-electron chi connectivity index (χ3n) is 7.90. The fourth-order valence-electron chi connectivity index (χ4n) is 6.97. The Morgan fingerprint density at radius 3 is 1.31 bits per heavy atom. The van der Waals surface area contributed by atoms with Gasteiger partial charge in [-0.2, -0.15) is 0 Å². The molecular formula is C27H44Cl2Si2Zr. The van der Waals surface area contributed by atoms with Crippen LogP contribution in [0.25, 0.3) is 0 Å². The van der Waals surface area contributed by atoms with Crippen LogP contribution in [-0.2, 0) is 21.3 Å². The van der Waals surface area contributed by atoms with Crippen molar-refractivity contribution in [3.63, 3.8) is 0 Å². The van der Waals surface area contributed by atoms with E-state index in [1.54, 1.807) is 11.1 Å². The SMILES string of the molecule is C[C](C)=[Zr+2]([C]1=CC2=C(CCCC2)[C@@H]1[Si](C)(C)C)[C]1=CC2=C(CCCC2)[C@H]1[Si](C)(C)C.[Cl-].[Cl-]. The molecule has 2 atom stereocenters. The van der Waals surface area contributed by atoms with E-state index in [9.17, 15) is 0 Å². The molecule has 0 spiro atoms. The van der Waals surface area contributed by atoms with Gasteiger partial charge in [0.15, 0.2) is 0 Å². The molecule has 0 radical (unpaired) electrons. The fraction of sp³-hybridized carbons (Fsp3) is 0.667. The summed E-state index contributed by atoms with van der Waals surface area (Å²) in [5.41, 5.74) is 9.13. The van der Waals surface area contributed by atoms with Crippen LogP contribution >= 0.6 is 0 Å². The Balaban J connectivity index is 0.00000181. The third-order valence-corrected chi connectivity index (χ3v) is 21.5. The summed E-state index contributed by atoms with van der Waals surface area (Å²) in [6.07, 6.45) is 16.9. The minimum absolute atomic E-state index is 0. The first-order valence-electron chi connectivity index (χ1n) is 12.6. The van der Waals surface area contributed by atoms with Crippen LogP contribution in [0.1, 0.15) is 65.2 Å². The Labute approximate surface area is 220 Å². The quantitative estimate of drug-likeness (QED) is 0.445. The van der Waals surface area contributed by atoms with Gasteiger partial charge >= 0.3 is 197 Å². The minimum atomic E-state index is -2.02. The predicted octanol–water partition coefficient (Wildman–Crippen LogP) is 2.78. The molecule has 0 amide bonds. The zero-order valence-electron chi connectivity index (χ0n) is 21.7. The van der Waals surface area contributed by atoms with Crippen molar-refractivity contribution in [1.29, 1.82) is 0 Å². The second-order valence-corrected chi connectivity index (χ2v) is 30.4. The second kappa shape index (κ2) is 10.8. The monoisotopic (exact) mass is 584 g/mol. The van der Waals surface area contributed by atoms with Gasteiger partial charge in [0.2, 0.25) is 0 Å². The van der Waals surface area contributed by atoms with Gasteiger partial charge in [-0.3, -0.25) is 0 Å². The molecule has 4 aliphatic rings. The zero-order chi connectivity index (χ0) is 21.8. The molecule has 0 aromatic heterocycles. The summed E-state index contributed by atoms with van der Waals surface area (Å²) >= 11 is -2.02. The molecule has 0 saturated carbocycles. The fourth-order valence-corrected chi connectivity index (χ4v) is 27.3. The van der Waals surface area contributed by atoms with Gasteiger partial charge in [-0.25, -0.2) is 0 Å². The van der Waals surface area contributed by atoms with Crippen molar-refractivity contribution in [2.24, 2.45) is 0 Å². The molecule has 0 nitrogen and oxygen atoms in total. The van der Waals surface area contributed by atoms with Crippen molar-refractivity contribution in [2.75, 3.05) is 0 Å². The van der Waals surface area contributed by atoms with E-state index in [1.165, 1.54) is 51.4 Å². The summed E-state index contributed by atoms with van der Waals surface area (Å²) in [5.74, 6) is 0. The summed E-state index contributed by atoms with van der Waals surface area (Å²) in [5, 5.41) is 0. The topological polar surface area (TPSA) is 0 Å². The van der Waals surface area contributed by atoms with Crippen LogP contribution in [-0.4, -0.2) is 19.4 Å². The van der Waals surface area contributed by atoms with E-state index in [1.807, 2.05) is 20.9 Å². The predicted molar refractivity (Wildman–Crippen MR) is 138 cm³/mol. The van der Waals surface area contributed by atoms with Gasteiger partial charge in [0.1, 0.15) is 0 Å². The summed E-state index contributed by atoms with van der Waals surface area (Å²) in [6.45, 7) is 21.0. The smallest absolute Gasteiger partial charge is 1.00 e. The first-order chi connectivity index (χ1) is 14.0. The average Bonchev–Trinajstić information content (AvgIpc) is 3.19. The van der Waals surface area contributed by atoms with Crippen LogP contribution < -0.4 is 24.8 Å². The maximum Gasteiger partial charge on any atom is -1.00 e. The number of hydrogen-bond acceptors (Lipinski definition) is 0. The Morgan fingerprint density at radius 2 is 1.00 bits per heavy atom. The third kappa shape index (κ3) is 5.43. The van der Waals surface area contributed by atoms with Crippen LogP contribution in [0.5, 0.6) is 0 Å². The molecule has 32 heavy (non-hydrogen) atoms. The van der Waals surface area contributed by atoms with Gasteiger partial charge in [0.05, 0.1) is 0 Å². The van der Waals surface area contributed by atoms with Crippen LogP contribution in [0, 0.1) is 0 Å². The van der Waals surface area contributed by atoms with Gasteiger partial charge < -0.3 is 24.8 Å². The molecule has 0 saturated heterocycles. The Kier molecular flexibility index (Phi) is 9.75. The second-order valence-electron chi connectivity index (χ2n) is 12.7. The summed E-state index contributed by atoms with van der Waals surface area (Å²) < 4.78 is 5.86. The number of hydrogen-bond donors (Lipinski definition) is 0. The van der Waals surface area contributed by atoms with Gasteiger partial charge in [-0.15, -0.1) is 0 Å². The molecule has 178 valence electrons. The molecular weight excluding hydrogens is 543 g/mol. The Bertz CT molecular complexity index is 835. The molecule has 0 aromatic rings. The normalized spacial score (nSPS) is 25.1. The van der Waals surface area contributed by atoms with Crippen LogP contribution in [0.2, 0.25) is 50.4 Å². The molecule has 5 heteroatoms. The van der Waals surface area contributed by atoms with E-state index in [-0.39, 0.29) is 24.8 Å². The van der Waals surface area contributed by atoms with E-state index in [2.05, 4.69) is 65.3 Å². The molecule has 0 bridgehead atoms. The van der Waals surface area contributed by atoms with E-state index >= 15 is 0 Å². The molecule has 0 heterocycles. The van der Waals surface area contributed by atoms with Crippen molar-refractivity contribution < 1.29 is 46.1 Å². The summed E-state index contributed by atoms with van der Waals surface area (Å²) in [4.78, 5) is 0. The maximum absolute atomic E-state index is 2.82. The van der Waals surface area contributed by atoms with Gasteiger partial charge in [0, 0.05) is 0 Å². The Morgan fingerprint density at radius 1 is 0.656 bits per heavy atom. The molecule has 4 aliphatic carbocycles. The van der Waals surface area contributed by atoms with Gasteiger partial charge in [0.25, 0.3) is 0 Å². The first-order valence-corrected chi connectivity index (χ1v) is 23.4. The standard InChI is InChI=1S/2C12H19Si.C3H6.2ClH.Zr/c2*1-13(2,3)12-9-8-10-6-4-5-7-11(10)12;1-3-2;;;/h2*8,12H,4-7H2,1-3H3;1-2H3;2*1H;/q;;;;;+2/p-2/t2*12-;;;;/m10..../s1. The van der Waals surface area contributed by atoms with E-state index < -0.39 is 37.4 Å². The zero-order valence-corrected chi connectivity index (χ0v) is 27.7. The maximum atomic E-state index is 2.82.